The molecular formula is C33H66O2. The van der Waals surface area contributed by atoms with Crippen LogP contribution in [0.15, 0.2) is 0 Å². The Morgan fingerprint density at radius 1 is 0.371 bits per heavy atom. The van der Waals surface area contributed by atoms with E-state index in [9.17, 15) is 4.79 Å². The summed E-state index contributed by atoms with van der Waals surface area (Å²) in [6.07, 6.45) is 38.6. The van der Waals surface area contributed by atoms with Gasteiger partial charge < -0.3 is 4.74 Å². The van der Waals surface area contributed by atoms with Gasteiger partial charge in [0.1, 0.15) is 0 Å². The van der Waals surface area contributed by atoms with E-state index in [2.05, 4.69) is 13.8 Å². The van der Waals surface area contributed by atoms with Gasteiger partial charge in [0.05, 0.1) is 6.61 Å². The highest BCUT2D eigenvalue weighted by molar-refractivity contribution is 5.69. The summed E-state index contributed by atoms with van der Waals surface area (Å²) in [5.41, 5.74) is 0. The highest BCUT2D eigenvalue weighted by Crippen LogP contribution is 2.15. The molecule has 0 radical (unpaired) electrons. The summed E-state index contributed by atoms with van der Waals surface area (Å²) >= 11 is 0. The van der Waals surface area contributed by atoms with E-state index in [0.717, 1.165) is 12.8 Å². The SMILES string of the molecule is CCCCCCCCCCCCCCCCCOC(=O)CCCCCCCCCCCCCCC. The molecule has 0 N–H and O–H groups in total. The molecule has 0 bridgehead atoms. The van der Waals surface area contributed by atoms with Crippen molar-refractivity contribution < 1.29 is 9.53 Å². The highest BCUT2D eigenvalue weighted by Gasteiger charge is 2.02. The molecule has 0 heterocycles. The van der Waals surface area contributed by atoms with Crippen LogP contribution in [0.25, 0.3) is 0 Å². The van der Waals surface area contributed by atoms with Crippen molar-refractivity contribution >= 4 is 5.97 Å². The predicted molar refractivity (Wildman–Crippen MR) is 156 cm³/mol. The molecule has 0 aromatic rings. The standard InChI is InChI=1S/C33H66O2/c1-3-5-7-9-11-13-15-17-18-20-22-24-26-28-30-32-35-33(34)31-29-27-25-23-21-19-16-14-12-10-8-6-4-2/h3-32H2,1-2H3. The average molecular weight is 495 g/mol. The van der Waals surface area contributed by atoms with Gasteiger partial charge in [-0.1, -0.05) is 181 Å². The van der Waals surface area contributed by atoms with Crippen molar-refractivity contribution in [3.05, 3.63) is 0 Å². The topological polar surface area (TPSA) is 26.3 Å². The Morgan fingerprint density at radius 3 is 0.943 bits per heavy atom. The largest absolute Gasteiger partial charge is 0.466 e. The lowest BCUT2D eigenvalue weighted by molar-refractivity contribution is -0.143. The van der Waals surface area contributed by atoms with Gasteiger partial charge in [-0.2, -0.15) is 0 Å². The van der Waals surface area contributed by atoms with Crippen molar-refractivity contribution in [2.45, 2.75) is 200 Å². The summed E-state index contributed by atoms with van der Waals surface area (Å²) in [6, 6.07) is 0. The second-order valence-corrected chi connectivity index (χ2v) is 11.2. The first kappa shape index (κ1) is 34.5. The van der Waals surface area contributed by atoms with Crippen LogP contribution in [0.3, 0.4) is 0 Å². The number of esters is 1. The third-order valence-electron chi connectivity index (χ3n) is 7.50. The Labute approximate surface area is 222 Å². The van der Waals surface area contributed by atoms with Crippen LogP contribution in [-0.4, -0.2) is 12.6 Å². The van der Waals surface area contributed by atoms with Crippen LogP contribution in [0.4, 0.5) is 0 Å². The van der Waals surface area contributed by atoms with Crippen LogP contribution >= 0.6 is 0 Å². The maximum Gasteiger partial charge on any atom is 0.305 e. The van der Waals surface area contributed by atoms with Crippen molar-refractivity contribution in [3.8, 4) is 0 Å². The van der Waals surface area contributed by atoms with Gasteiger partial charge >= 0.3 is 5.97 Å². The fraction of sp³-hybridized carbons (Fsp3) is 0.970. The van der Waals surface area contributed by atoms with Gasteiger partial charge in [-0.25, -0.2) is 0 Å². The lowest BCUT2D eigenvalue weighted by Gasteiger charge is -2.06. The molecule has 0 aromatic carbocycles. The molecule has 0 spiro atoms. The Hall–Kier alpha value is -0.530. The molecule has 0 aliphatic carbocycles. The van der Waals surface area contributed by atoms with Crippen molar-refractivity contribution in [2.75, 3.05) is 6.61 Å². The molecule has 35 heavy (non-hydrogen) atoms. The normalized spacial score (nSPS) is 11.3. The number of carbonyl (C=O) groups excluding carboxylic acids is 1. The number of unbranched alkanes of at least 4 members (excludes halogenated alkanes) is 26. The highest BCUT2D eigenvalue weighted by atomic mass is 16.5. The number of hydrogen-bond donors (Lipinski definition) is 0. The van der Waals surface area contributed by atoms with Gasteiger partial charge in [-0.15, -0.1) is 0 Å². The predicted octanol–water partition coefficient (Wildman–Crippen LogP) is 11.9. The zero-order valence-electron chi connectivity index (χ0n) is 24.5. The van der Waals surface area contributed by atoms with E-state index in [-0.39, 0.29) is 5.97 Å². The van der Waals surface area contributed by atoms with Crippen LogP contribution in [0.2, 0.25) is 0 Å². The maximum atomic E-state index is 11.9. The minimum atomic E-state index is 0.0263. The molecule has 0 aliphatic rings. The first-order valence-corrected chi connectivity index (χ1v) is 16.5. The second-order valence-electron chi connectivity index (χ2n) is 11.2. The molecule has 0 fully saturated rings. The fourth-order valence-corrected chi connectivity index (χ4v) is 5.02. The molecule has 2 heteroatoms. The van der Waals surface area contributed by atoms with Crippen LogP contribution in [-0.2, 0) is 9.53 Å². The maximum absolute atomic E-state index is 11.9. The second kappa shape index (κ2) is 31.5. The van der Waals surface area contributed by atoms with Crippen molar-refractivity contribution in [3.63, 3.8) is 0 Å². The van der Waals surface area contributed by atoms with Crippen molar-refractivity contribution in [1.82, 2.24) is 0 Å². The molecule has 2 nitrogen and oxygen atoms in total. The molecule has 210 valence electrons. The third-order valence-corrected chi connectivity index (χ3v) is 7.50. The lowest BCUT2D eigenvalue weighted by atomic mass is 10.0. The summed E-state index contributed by atoms with van der Waals surface area (Å²) in [5.74, 6) is 0.0263. The van der Waals surface area contributed by atoms with Crippen LogP contribution in [0.1, 0.15) is 200 Å². The summed E-state index contributed by atoms with van der Waals surface area (Å²) in [4.78, 5) is 11.9. The van der Waals surface area contributed by atoms with Gasteiger partial charge in [0.25, 0.3) is 0 Å². The number of carbonyl (C=O) groups is 1. The Morgan fingerprint density at radius 2 is 0.629 bits per heavy atom. The quantitative estimate of drug-likeness (QED) is 0.0732. The summed E-state index contributed by atoms with van der Waals surface area (Å²) in [6.45, 7) is 5.21. The number of hydrogen-bond acceptors (Lipinski definition) is 2. The van der Waals surface area contributed by atoms with E-state index in [0.29, 0.717) is 13.0 Å². The molecule has 0 amide bonds. The van der Waals surface area contributed by atoms with Crippen molar-refractivity contribution in [2.24, 2.45) is 0 Å². The number of ether oxygens (including phenoxy) is 1. The van der Waals surface area contributed by atoms with E-state index in [1.165, 1.54) is 167 Å². The first-order chi connectivity index (χ1) is 17.3. The van der Waals surface area contributed by atoms with Crippen LogP contribution < -0.4 is 0 Å². The molecule has 0 saturated heterocycles. The van der Waals surface area contributed by atoms with E-state index in [1.54, 1.807) is 0 Å². The first-order valence-electron chi connectivity index (χ1n) is 16.5. The molecule has 0 unspecified atom stereocenters. The van der Waals surface area contributed by atoms with E-state index in [4.69, 9.17) is 4.74 Å². The minimum absolute atomic E-state index is 0.0263. The molecular weight excluding hydrogens is 428 g/mol. The zero-order chi connectivity index (χ0) is 25.5. The van der Waals surface area contributed by atoms with Gasteiger partial charge in [-0.05, 0) is 12.8 Å². The molecule has 0 aliphatic heterocycles. The lowest BCUT2D eigenvalue weighted by Crippen LogP contribution is -2.05. The summed E-state index contributed by atoms with van der Waals surface area (Å²) < 4.78 is 5.42. The van der Waals surface area contributed by atoms with Crippen LogP contribution in [0.5, 0.6) is 0 Å². The Bertz CT molecular complexity index is 393. The Balaban J connectivity index is 3.14. The van der Waals surface area contributed by atoms with E-state index in [1.807, 2.05) is 0 Å². The zero-order valence-corrected chi connectivity index (χ0v) is 24.5. The molecule has 0 rings (SSSR count). The van der Waals surface area contributed by atoms with E-state index < -0.39 is 0 Å². The van der Waals surface area contributed by atoms with Crippen LogP contribution in [0, 0.1) is 0 Å². The average Bonchev–Trinajstić information content (AvgIpc) is 2.86. The molecule has 0 atom stereocenters. The smallest absolute Gasteiger partial charge is 0.305 e. The minimum Gasteiger partial charge on any atom is -0.466 e. The monoisotopic (exact) mass is 495 g/mol. The third kappa shape index (κ3) is 31.4. The van der Waals surface area contributed by atoms with Gasteiger partial charge in [0.2, 0.25) is 0 Å². The molecule has 0 aromatic heterocycles. The Kier molecular flexibility index (Phi) is 31.0. The van der Waals surface area contributed by atoms with Crippen molar-refractivity contribution in [1.29, 1.82) is 0 Å². The van der Waals surface area contributed by atoms with Gasteiger partial charge in [0.15, 0.2) is 0 Å². The van der Waals surface area contributed by atoms with Gasteiger partial charge in [-0.3, -0.25) is 4.79 Å². The summed E-state index contributed by atoms with van der Waals surface area (Å²) in [7, 11) is 0. The number of rotatable bonds is 30. The van der Waals surface area contributed by atoms with Gasteiger partial charge in [0, 0.05) is 6.42 Å². The fourth-order valence-electron chi connectivity index (χ4n) is 5.02. The van der Waals surface area contributed by atoms with E-state index >= 15 is 0 Å². The summed E-state index contributed by atoms with van der Waals surface area (Å²) in [5, 5.41) is 0. The molecule has 0 saturated carbocycles.